The number of nitrogens with zero attached hydrogens (tertiary/aromatic N) is 2. The Labute approximate surface area is 84.0 Å². The largest absolute Gasteiger partial charge is 0.253 e. The van der Waals surface area contributed by atoms with E-state index in [1.165, 1.54) is 5.56 Å². The summed E-state index contributed by atoms with van der Waals surface area (Å²) in [5.74, 6) is 0.599. The molecule has 0 amide bonds. The van der Waals surface area contributed by atoms with Gasteiger partial charge in [0.25, 0.3) is 0 Å². The third-order valence-electron chi connectivity index (χ3n) is 2.67. The lowest BCUT2D eigenvalue weighted by atomic mass is 9.98. The van der Waals surface area contributed by atoms with Crippen molar-refractivity contribution >= 4 is 11.0 Å². The van der Waals surface area contributed by atoms with Gasteiger partial charge in [-0.05, 0) is 30.0 Å². The highest BCUT2D eigenvalue weighted by Gasteiger charge is 2.03. The summed E-state index contributed by atoms with van der Waals surface area (Å²) in [4.78, 5) is 8.54. The number of benzene rings is 1. The van der Waals surface area contributed by atoms with Crippen molar-refractivity contribution in [1.82, 2.24) is 9.97 Å². The number of fused-ring (bicyclic) bond motifs is 1. The Bertz CT molecular complexity index is 437. The summed E-state index contributed by atoms with van der Waals surface area (Å²) < 4.78 is 0. The van der Waals surface area contributed by atoms with Gasteiger partial charge in [-0.3, -0.25) is 9.97 Å². The van der Waals surface area contributed by atoms with Gasteiger partial charge in [-0.25, -0.2) is 0 Å². The average molecular weight is 186 g/mol. The van der Waals surface area contributed by atoms with Crippen molar-refractivity contribution in [3.8, 4) is 0 Å². The SMILES string of the molecule is CC[C@H](C)c1ccc2nccnc2c1. The molecule has 0 aliphatic carbocycles. The number of rotatable bonds is 2. The first-order valence-electron chi connectivity index (χ1n) is 5.02. The molecule has 1 atom stereocenters. The van der Waals surface area contributed by atoms with E-state index in [1.807, 2.05) is 6.07 Å². The van der Waals surface area contributed by atoms with E-state index < -0.39 is 0 Å². The van der Waals surface area contributed by atoms with Crippen molar-refractivity contribution in [3.05, 3.63) is 36.2 Å². The Kier molecular flexibility index (Phi) is 2.44. The lowest BCUT2D eigenvalue weighted by Crippen LogP contribution is -1.92. The summed E-state index contributed by atoms with van der Waals surface area (Å²) in [6.45, 7) is 4.43. The molecule has 0 saturated heterocycles. The summed E-state index contributed by atoms with van der Waals surface area (Å²) in [5.41, 5.74) is 3.31. The van der Waals surface area contributed by atoms with Gasteiger partial charge in [0.05, 0.1) is 11.0 Å². The zero-order valence-corrected chi connectivity index (χ0v) is 8.57. The van der Waals surface area contributed by atoms with Crippen molar-refractivity contribution in [2.75, 3.05) is 0 Å². The average Bonchev–Trinajstić information content (AvgIpc) is 2.27. The van der Waals surface area contributed by atoms with Gasteiger partial charge in [0, 0.05) is 12.4 Å². The van der Waals surface area contributed by atoms with Gasteiger partial charge < -0.3 is 0 Å². The molecule has 14 heavy (non-hydrogen) atoms. The Hall–Kier alpha value is -1.44. The van der Waals surface area contributed by atoms with E-state index in [2.05, 4.69) is 35.9 Å². The van der Waals surface area contributed by atoms with Gasteiger partial charge in [-0.1, -0.05) is 19.9 Å². The van der Waals surface area contributed by atoms with Crippen LogP contribution in [0.15, 0.2) is 30.6 Å². The van der Waals surface area contributed by atoms with Crippen molar-refractivity contribution in [2.24, 2.45) is 0 Å². The maximum Gasteiger partial charge on any atom is 0.0889 e. The third kappa shape index (κ3) is 1.60. The van der Waals surface area contributed by atoms with Gasteiger partial charge in [-0.2, -0.15) is 0 Å². The summed E-state index contributed by atoms with van der Waals surface area (Å²) in [6.07, 6.45) is 4.62. The first-order chi connectivity index (χ1) is 6.81. The van der Waals surface area contributed by atoms with Crippen molar-refractivity contribution in [2.45, 2.75) is 26.2 Å². The van der Waals surface area contributed by atoms with Crippen LogP contribution in [0.4, 0.5) is 0 Å². The van der Waals surface area contributed by atoms with Crippen LogP contribution in [0.3, 0.4) is 0 Å². The van der Waals surface area contributed by atoms with Crippen LogP contribution in [-0.4, -0.2) is 9.97 Å². The van der Waals surface area contributed by atoms with Gasteiger partial charge in [0.2, 0.25) is 0 Å². The van der Waals surface area contributed by atoms with Crippen LogP contribution in [0, 0.1) is 0 Å². The molecule has 0 aliphatic heterocycles. The molecule has 0 spiro atoms. The topological polar surface area (TPSA) is 25.8 Å². The van der Waals surface area contributed by atoms with E-state index >= 15 is 0 Å². The minimum absolute atomic E-state index is 0.599. The smallest absolute Gasteiger partial charge is 0.0889 e. The van der Waals surface area contributed by atoms with Crippen molar-refractivity contribution in [1.29, 1.82) is 0 Å². The zero-order valence-electron chi connectivity index (χ0n) is 8.57. The van der Waals surface area contributed by atoms with Gasteiger partial charge >= 0.3 is 0 Å². The summed E-state index contributed by atoms with van der Waals surface area (Å²) in [5, 5.41) is 0. The number of hydrogen-bond acceptors (Lipinski definition) is 2. The van der Waals surface area contributed by atoms with Crippen LogP contribution in [-0.2, 0) is 0 Å². The van der Waals surface area contributed by atoms with Crippen LogP contribution in [0.2, 0.25) is 0 Å². The molecule has 2 aromatic rings. The fraction of sp³-hybridized carbons (Fsp3) is 0.333. The lowest BCUT2D eigenvalue weighted by molar-refractivity contribution is 0.734. The van der Waals surface area contributed by atoms with E-state index in [0.29, 0.717) is 5.92 Å². The molecule has 2 heteroatoms. The highest BCUT2D eigenvalue weighted by atomic mass is 14.8. The van der Waals surface area contributed by atoms with Gasteiger partial charge in [0.1, 0.15) is 0 Å². The molecule has 0 saturated carbocycles. The zero-order chi connectivity index (χ0) is 9.97. The minimum Gasteiger partial charge on any atom is -0.253 e. The highest BCUT2D eigenvalue weighted by Crippen LogP contribution is 2.21. The van der Waals surface area contributed by atoms with Crippen LogP contribution >= 0.6 is 0 Å². The van der Waals surface area contributed by atoms with E-state index in [9.17, 15) is 0 Å². The first-order valence-corrected chi connectivity index (χ1v) is 5.02. The maximum atomic E-state index is 4.30. The van der Waals surface area contributed by atoms with E-state index in [1.54, 1.807) is 12.4 Å². The molecule has 1 aromatic heterocycles. The monoisotopic (exact) mass is 186 g/mol. The van der Waals surface area contributed by atoms with Gasteiger partial charge in [-0.15, -0.1) is 0 Å². The van der Waals surface area contributed by atoms with Crippen molar-refractivity contribution < 1.29 is 0 Å². The Balaban J connectivity index is 2.51. The Morgan fingerprint density at radius 3 is 2.57 bits per heavy atom. The molecule has 1 heterocycles. The van der Waals surface area contributed by atoms with Crippen LogP contribution < -0.4 is 0 Å². The third-order valence-corrected chi connectivity index (χ3v) is 2.67. The molecule has 2 rings (SSSR count). The molecule has 0 radical (unpaired) electrons. The molecule has 0 bridgehead atoms. The lowest BCUT2D eigenvalue weighted by Gasteiger charge is -2.08. The Morgan fingerprint density at radius 2 is 1.86 bits per heavy atom. The van der Waals surface area contributed by atoms with Crippen LogP contribution in [0.5, 0.6) is 0 Å². The number of hydrogen-bond donors (Lipinski definition) is 0. The molecule has 2 nitrogen and oxygen atoms in total. The van der Waals surface area contributed by atoms with E-state index in [0.717, 1.165) is 17.5 Å². The highest BCUT2D eigenvalue weighted by molar-refractivity contribution is 5.74. The maximum absolute atomic E-state index is 4.30. The normalized spacial score (nSPS) is 13.0. The predicted molar refractivity (Wildman–Crippen MR) is 58.2 cm³/mol. The molecule has 0 fully saturated rings. The fourth-order valence-electron chi connectivity index (χ4n) is 1.52. The molecule has 1 aromatic carbocycles. The molecule has 0 N–H and O–H groups in total. The second kappa shape index (κ2) is 3.74. The van der Waals surface area contributed by atoms with Crippen LogP contribution in [0.1, 0.15) is 31.7 Å². The quantitative estimate of drug-likeness (QED) is 0.720. The van der Waals surface area contributed by atoms with E-state index in [4.69, 9.17) is 0 Å². The number of aromatic nitrogens is 2. The summed E-state index contributed by atoms with van der Waals surface area (Å²) in [7, 11) is 0. The molecular formula is C12H14N2. The second-order valence-corrected chi connectivity index (χ2v) is 3.61. The molecular weight excluding hydrogens is 172 g/mol. The molecule has 0 aliphatic rings. The van der Waals surface area contributed by atoms with Crippen LogP contribution in [0.25, 0.3) is 11.0 Å². The second-order valence-electron chi connectivity index (χ2n) is 3.61. The van der Waals surface area contributed by atoms with E-state index in [-0.39, 0.29) is 0 Å². The summed E-state index contributed by atoms with van der Waals surface area (Å²) >= 11 is 0. The summed E-state index contributed by atoms with van der Waals surface area (Å²) in [6, 6.07) is 6.32. The fourth-order valence-corrected chi connectivity index (χ4v) is 1.52. The van der Waals surface area contributed by atoms with Gasteiger partial charge in [0.15, 0.2) is 0 Å². The first kappa shape index (κ1) is 9.13. The minimum atomic E-state index is 0.599. The van der Waals surface area contributed by atoms with Crippen molar-refractivity contribution in [3.63, 3.8) is 0 Å². The predicted octanol–water partition coefficient (Wildman–Crippen LogP) is 3.14. The molecule has 72 valence electrons. The Morgan fingerprint density at radius 1 is 1.14 bits per heavy atom. The standard InChI is InChI=1S/C12H14N2/c1-3-9(2)10-4-5-11-12(8-10)14-7-6-13-11/h4-9H,3H2,1-2H3/t9-/m0/s1. The molecule has 0 unspecified atom stereocenters.